The number of rotatable bonds is 6. The summed E-state index contributed by atoms with van der Waals surface area (Å²) >= 11 is 5.91. The maximum absolute atomic E-state index is 13.6. The van der Waals surface area contributed by atoms with Crippen LogP contribution in [-0.2, 0) is 4.79 Å². The van der Waals surface area contributed by atoms with E-state index in [9.17, 15) is 9.18 Å². The lowest BCUT2D eigenvalue weighted by molar-refractivity contribution is -0.121. The Bertz CT molecular complexity index is 772. The Kier molecular flexibility index (Phi) is 6.79. The number of halogens is 2. The van der Waals surface area contributed by atoms with Crippen LogP contribution in [0.25, 0.3) is 0 Å². The van der Waals surface area contributed by atoms with Gasteiger partial charge in [-0.3, -0.25) is 9.69 Å². The van der Waals surface area contributed by atoms with Crippen molar-refractivity contribution < 1.29 is 9.18 Å². The summed E-state index contributed by atoms with van der Waals surface area (Å²) in [6.07, 6.45) is 1.57. The molecule has 142 valence electrons. The van der Waals surface area contributed by atoms with E-state index in [2.05, 4.69) is 32.5 Å². The van der Waals surface area contributed by atoms with E-state index < -0.39 is 5.82 Å². The number of hydrogen-bond donors (Lipinski definition) is 1. The van der Waals surface area contributed by atoms with Crippen LogP contribution in [0.3, 0.4) is 0 Å². The Balaban J connectivity index is 1.39. The molecule has 1 fully saturated rings. The molecule has 0 atom stereocenters. The van der Waals surface area contributed by atoms with Crippen molar-refractivity contribution in [2.75, 3.05) is 37.6 Å². The average Bonchev–Trinajstić information content (AvgIpc) is 2.70. The number of nitrogens with zero attached hydrogens (tertiary/aromatic N) is 3. The van der Waals surface area contributed by atoms with Crippen LogP contribution >= 0.6 is 11.6 Å². The van der Waals surface area contributed by atoms with Gasteiger partial charge < -0.3 is 4.90 Å². The summed E-state index contributed by atoms with van der Waals surface area (Å²) in [4.78, 5) is 16.5. The number of hydrazone groups is 1. The maximum Gasteiger partial charge on any atom is 0.241 e. The van der Waals surface area contributed by atoms with Gasteiger partial charge in [-0.25, -0.2) is 9.82 Å². The molecular weight excluding hydrogens is 367 g/mol. The lowest BCUT2D eigenvalue weighted by atomic mass is 10.2. The summed E-state index contributed by atoms with van der Waals surface area (Å²) in [7, 11) is 0. The molecule has 0 spiro atoms. The van der Waals surface area contributed by atoms with E-state index in [0.717, 1.165) is 26.2 Å². The van der Waals surface area contributed by atoms with E-state index in [4.69, 9.17) is 11.6 Å². The Labute approximate surface area is 163 Å². The molecule has 3 rings (SSSR count). The summed E-state index contributed by atoms with van der Waals surface area (Å²) in [5, 5.41) is 4.06. The van der Waals surface area contributed by atoms with Crippen LogP contribution < -0.4 is 10.3 Å². The normalized spacial score (nSPS) is 15.3. The predicted molar refractivity (Wildman–Crippen MR) is 107 cm³/mol. The van der Waals surface area contributed by atoms with Crippen LogP contribution in [0.1, 0.15) is 12.0 Å². The topological polar surface area (TPSA) is 47.9 Å². The van der Waals surface area contributed by atoms with Gasteiger partial charge in [0.05, 0.1) is 11.2 Å². The molecule has 1 amide bonds. The van der Waals surface area contributed by atoms with Crippen molar-refractivity contribution in [1.29, 1.82) is 0 Å². The van der Waals surface area contributed by atoms with Crippen LogP contribution in [0.5, 0.6) is 0 Å². The highest BCUT2D eigenvalue weighted by molar-refractivity contribution is 6.33. The zero-order valence-corrected chi connectivity index (χ0v) is 15.7. The van der Waals surface area contributed by atoms with E-state index in [1.165, 1.54) is 24.0 Å². The number of hydrogen-bond acceptors (Lipinski definition) is 4. The van der Waals surface area contributed by atoms with Crippen molar-refractivity contribution in [2.45, 2.75) is 6.42 Å². The molecular formula is C20H22ClFN4O. The Morgan fingerprint density at radius 2 is 1.85 bits per heavy atom. The number of nitrogens with one attached hydrogen (secondary N) is 1. The summed E-state index contributed by atoms with van der Waals surface area (Å²) in [6.45, 7) is 4.38. The summed E-state index contributed by atoms with van der Waals surface area (Å²) in [6, 6.07) is 14.7. The number of para-hydroxylation sites is 1. The summed E-state index contributed by atoms with van der Waals surface area (Å²) in [5.74, 6) is -0.680. The van der Waals surface area contributed by atoms with Crippen LogP contribution in [0.15, 0.2) is 53.6 Å². The molecule has 1 heterocycles. The quantitative estimate of drug-likeness (QED) is 0.611. The first-order chi connectivity index (χ1) is 13.1. The molecule has 0 radical (unpaired) electrons. The SMILES string of the molecule is O=C(CCN1CCN(c2ccccc2)CC1)N/N=C/c1c(F)cccc1Cl. The molecule has 27 heavy (non-hydrogen) atoms. The van der Waals surface area contributed by atoms with Gasteiger partial charge in [-0.15, -0.1) is 0 Å². The highest BCUT2D eigenvalue weighted by atomic mass is 35.5. The molecule has 0 saturated carbocycles. The van der Waals surface area contributed by atoms with Crippen LogP contribution in [0.4, 0.5) is 10.1 Å². The molecule has 0 unspecified atom stereocenters. The fraction of sp³-hybridized carbons (Fsp3) is 0.300. The molecule has 2 aromatic rings. The third kappa shape index (κ3) is 5.52. The minimum Gasteiger partial charge on any atom is -0.369 e. The lowest BCUT2D eigenvalue weighted by Crippen LogP contribution is -2.47. The van der Waals surface area contributed by atoms with Gasteiger partial charge in [0.25, 0.3) is 0 Å². The second kappa shape index (κ2) is 9.48. The molecule has 1 aliphatic heterocycles. The van der Waals surface area contributed by atoms with Gasteiger partial charge in [0.1, 0.15) is 5.82 Å². The monoisotopic (exact) mass is 388 g/mol. The molecule has 1 aliphatic rings. The van der Waals surface area contributed by atoms with Gasteiger partial charge >= 0.3 is 0 Å². The molecule has 1 N–H and O–H groups in total. The lowest BCUT2D eigenvalue weighted by Gasteiger charge is -2.36. The molecule has 1 saturated heterocycles. The smallest absolute Gasteiger partial charge is 0.241 e. The minimum absolute atomic E-state index is 0.163. The highest BCUT2D eigenvalue weighted by Crippen LogP contribution is 2.17. The average molecular weight is 389 g/mol. The van der Waals surface area contributed by atoms with Gasteiger partial charge in [-0.1, -0.05) is 35.9 Å². The Morgan fingerprint density at radius 3 is 2.56 bits per heavy atom. The number of piperazine rings is 1. The predicted octanol–water partition coefficient (Wildman–Crippen LogP) is 3.14. The Morgan fingerprint density at radius 1 is 1.11 bits per heavy atom. The van der Waals surface area contributed by atoms with Gasteiger partial charge in [0, 0.05) is 50.4 Å². The van der Waals surface area contributed by atoms with Crippen molar-refractivity contribution in [2.24, 2.45) is 5.10 Å². The third-order valence-electron chi connectivity index (χ3n) is 4.53. The second-order valence-corrected chi connectivity index (χ2v) is 6.75. The number of carbonyl (C=O) groups is 1. The summed E-state index contributed by atoms with van der Waals surface area (Å²) < 4.78 is 13.6. The van der Waals surface area contributed by atoms with E-state index in [0.29, 0.717) is 13.0 Å². The molecule has 2 aromatic carbocycles. The number of benzene rings is 2. The van der Waals surface area contributed by atoms with Crippen molar-refractivity contribution in [3.63, 3.8) is 0 Å². The first-order valence-corrected chi connectivity index (χ1v) is 9.29. The first-order valence-electron chi connectivity index (χ1n) is 8.92. The van der Waals surface area contributed by atoms with E-state index in [-0.39, 0.29) is 16.5 Å². The summed E-state index contributed by atoms with van der Waals surface area (Å²) in [5.41, 5.74) is 3.82. The Hall–Kier alpha value is -2.44. The van der Waals surface area contributed by atoms with Crippen LogP contribution in [0, 0.1) is 5.82 Å². The van der Waals surface area contributed by atoms with Gasteiger partial charge in [0.2, 0.25) is 5.91 Å². The van der Waals surface area contributed by atoms with E-state index in [1.807, 2.05) is 18.2 Å². The van der Waals surface area contributed by atoms with Crippen molar-refractivity contribution in [1.82, 2.24) is 10.3 Å². The zero-order chi connectivity index (χ0) is 19.1. The maximum atomic E-state index is 13.6. The van der Waals surface area contributed by atoms with E-state index >= 15 is 0 Å². The fourth-order valence-electron chi connectivity index (χ4n) is 2.99. The van der Waals surface area contributed by atoms with Gasteiger partial charge in [-0.05, 0) is 24.3 Å². The minimum atomic E-state index is -0.475. The molecule has 0 bridgehead atoms. The van der Waals surface area contributed by atoms with Crippen LogP contribution in [0.2, 0.25) is 5.02 Å². The zero-order valence-electron chi connectivity index (χ0n) is 14.9. The molecule has 0 aliphatic carbocycles. The molecule has 0 aromatic heterocycles. The van der Waals surface area contributed by atoms with Crippen molar-refractivity contribution in [3.8, 4) is 0 Å². The van der Waals surface area contributed by atoms with Crippen LogP contribution in [-0.4, -0.2) is 49.7 Å². The van der Waals surface area contributed by atoms with Gasteiger partial charge in [-0.2, -0.15) is 5.10 Å². The number of anilines is 1. The van der Waals surface area contributed by atoms with Gasteiger partial charge in [0.15, 0.2) is 0 Å². The molecule has 5 nitrogen and oxygen atoms in total. The van der Waals surface area contributed by atoms with Crippen molar-refractivity contribution in [3.05, 3.63) is 64.9 Å². The highest BCUT2D eigenvalue weighted by Gasteiger charge is 2.17. The fourth-order valence-corrected chi connectivity index (χ4v) is 3.20. The second-order valence-electron chi connectivity index (χ2n) is 6.34. The van der Waals surface area contributed by atoms with Crippen molar-refractivity contribution >= 4 is 29.4 Å². The standard InChI is InChI=1S/C20H22ClFN4O/c21-18-7-4-8-19(22)17(18)15-23-24-20(27)9-10-25-11-13-26(14-12-25)16-5-2-1-3-6-16/h1-8,15H,9-14H2,(H,24,27)/b23-15+. The number of carbonyl (C=O) groups excluding carboxylic acids is 1. The van der Waals surface area contributed by atoms with E-state index in [1.54, 1.807) is 6.07 Å². The first kappa shape index (κ1) is 19.3. The largest absolute Gasteiger partial charge is 0.369 e. The number of amides is 1. The molecule has 7 heteroatoms. The third-order valence-corrected chi connectivity index (χ3v) is 4.86.